The first-order chi connectivity index (χ1) is 11.8. The first kappa shape index (κ1) is 15.0. The molecule has 0 aromatic heterocycles. The predicted octanol–water partition coefficient (Wildman–Crippen LogP) is 2.57. The van der Waals surface area contributed by atoms with Gasteiger partial charge in [-0.1, -0.05) is 12.8 Å². The number of phenols is 1. The lowest BCUT2D eigenvalue weighted by molar-refractivity contribution is 0.0795. The number of nitrogens with one attached hydrogen (secondary N) is 1. The molecule has 0 unspecified atom stereocenters. The number of ether oxygens (including phenoxy) is 1. The van der Waals surface area contributed by atoms with E-state index in [2.05, 4.69) is 22.3 Å². The van der Waals surface area contributed by atoms with E-state index in [-0.39, 0.29) is 0 Å². The van der Waals surface area contributed by atoms with Crippen LogP contribution >= 0.6 is 0 Å². The zero-order valence-electron chi connectivity index (χ0n) is 14.4. The fourth-order valence-electron chi connectivity index (χ4n) is 6.02. The third-order valence-electron chi connectivity index (χ3n) is 7.09. The maximum Gasteiger partial charge on any atom is 0.139 e. The lowest BCUT2D eigenvalue weighted by Gasteiger charge is -2.56. The van der Waals surface area contributed by atoms with E-state index in [0.717, 1.165) is 50.9 Å². The second kappa shape index (κ2) is 5.63. The van der Waals surface area contributed by atoms with Crippen LogP contribution in [-0.2, 0) is 16.6 Å². The molecule has 2 aliphatic carbocycles. The second-order valence-corrected chi connectivity index (χ2v) is 8.12. The minimum Gasteiger partial charge on any atom is -0.506 e. The molecule has 0 radical (unpaired) electrons. The second-order valence-electron chi connectivity index (χ2n) is 8.12. The Morgan fingerprint density at radius 2 is 2.04 bits per heavy atom. The van der Waals surface area contributed by atoms with Crippen LogP contribution in [0.2, 0.25) is 0 Å². The lowest BCUT2D eigenvalue weighted by Crippen LogP contribution is -2.59. The van der Waals surface area contributed by atoms with Crippen molar-refractivity contribution in [3.63, 3.8) is 0 Å². The van der Waals surface area contributed by atoms with Crippen LogP contribution in [0.3, 0.4) is 0 Å². The fraction of sp³-hybridized carbons (Fsp3) is 0.700. The Kier molecular flexibility index (Phi) is 3.53. The fourth-order valence-corrected chi connectivity index (χ4v) is 6.02. The van der Waals surface area contributed by atoms with Crippen LogP contribution in [0.4, 0.5) is 5.69 Å². The Morgan fingerprint density at radius 3 is 2.92 bits per heavy atom. The van der Waals surface area contributed by atoms with Crippen molar-refractivity contribution in [1.29, 1.82) is 0 Å². The number of aromatic hydroxyl groups is 1. The van der Waals surface area contributed by atoms with Crippen molar-refractivity contribution in [2.45, 2.75) is 50.0 Å². The van der Waals surface area contributed by atoms with Gasteiger partial charge in [-0.3, -0.25) is 0 Å². The van der Waals surface area contributed by atoms with Crippen molar-refractivity contribution >= 4 is 5.69 Å². The van der Waals surface area contributed by atoms with E-state index in [0.29, 0.717) is 17.2 Å². The molecule has 3 atom stereocenters. The van der Waals surface area contributed by atoms with E-state index >= 15 is 0 Å². The quantitative estimate of drug-likeness (QED) is 0.832. The molecule has 2 aliphatic heterocycles. The van der Waals surface area contributed by atoms with Gasteiger partial charge in [-0.15, -0.1) is 0 Å². The summed E-state index contributed by atoms with van der Waals surface area (Å²) in [4.78, 5) is 2.28. The Bertz CT molecular complexity index is 637. The van der Waals surface area contributed by atoms with Gasteiger partial charge in [0.2, 0.25) is 0 Å². The normalized spacial score (nSPS) is 35.2. The van der Waals surface area contributed by atoms with Crippen molar-refractivity contribution in [3.8, 4) is 5.75 Å². The number of fused-ring (bicyclic) bond motifs is 1. The Labute approximate surface area is 144 Å². The van der Waals surface area contributed by atoms with Gasteiger partial charge in [0.25, 0.3) is 0 Å². The zero-order chi connectivity index (χ0) is 16.1. The first-order valence-corrected chi connectivity index (χ1v) is 9.70. The number of hydrogen-bond donors (Lipinski definition) is 2. The standard InChI is InChI=1S/C20H28N2O2/c23-19-13-16-14(12-18(19)22-7-9-24-10-8-22)11-17-15-3-1-2-4-20(15,16)5-6-21-17/h12-13,15,17,21,23H,1-11H2/t15-,17+,20+/m0/s1. The summed E-state index contributed by atoms with van der Waals surface area (Å²) in [5.41, 5.74) is 4.29. The predicted molar refractivity (Wildman–Crippen MR) is 94.9 cm³/mol. The summed E-state index contributed by atoms with van der Waals surface area (Å²) in [5, 5.41) is 14.6. The van der Waals surface area contributed by atoms with E-state index in [1.807, 2.05) is 0 Å². The number of piperidine rings is 1. The maximum atomic E-state index is 10.8. The number of nitrogens with zero attached hydrogens (tertiary/aromatic N) is 1. The van der Waals surface area contributed by atoms with E-state index in [1.165, 1.54) is 43.2 Å². The number of rotatable bonds is 1. The average Bonchev–Trinajstić information content (AvgIpc) is 2.63. The molecule has 2 N–H and O–H groups in total. The van der Waals surface area contributed by atoms with E-state index in [1.54, 1.807) is 0 Å². The number of anilines is 1. The zero-order valence-corrected chi connectivity index (χ0v) is 14.4. The van der Waals surface area contributed by atoms with Crippen molar-refractivity contribution in [1.82, 2.24) is 5.32 Å². The summed E-state index contributed by atoms with van der Waals surface area (Å²) in [7, 11) is 0. The third-order valence-corrected chi connectivity index (χ3v) is 7.09. The van der Waals surface area contributed by atoms with Gasteiger partial charge in [0, 0.05) is 24.5 Å². The van der Waals surface area contributed by atoms with Gasteiger partial charge >= 0.3 is 0 Å². The third kappa shape index (κ3) is 2.12. The molecule has 1 saturated carbocycles. The largest absolute Gasteiger partial charge is 0.506 e. The summed E-state index contributed by atoms with van der Waals surface area (Å²) in [6.07, 6.45) is 7.73. The van der Waals surface area contributed by atoms with Crippen molar-refractivity contribution in [3.05, 3.63) is 23.3 Å². The summed E-state index contributed by atoms with van der Waals surface area (Å²) < 4.78 is 5.47. The van der Waals surface area contributed by atoms with Gasteiger partial charge < -0.3 is 20.1 Å². The molecule has 4 aliphatic rings. The summed E-state index contributed by atoms with van der Waals surface area (Å²) in [6, 6.07) is 5.07. The van der Waals surface area contributed by atoms with Crippen LogP contribution in [0.15, 0.2) is 12.1 Å². The highest BCUT2D eigenvalue weighted by atomic mass is 16.5. The molecule has 4 nitrogen and oxygen atoms in total. The molecule has 1 aromatic rings. The minimum absolute atomic E-state index is 0.322. The maximum absolute atomic E-state index is 10.8. The molecule has 0 amide bonds. The number of phenolic OH excluding ortho intramolecular Hbond substituents is 1. The molecule has 4 heteroatoms. The summed E-state index contributed by atoms with van der Waals surface area (Å²) in [6.45, 7) is 4.40. The molecular weight excluding hydrogens is 300 g/mol. The highest BCUT2D eigenvalue weighted by Crippen LogP contribution is 2.55. The van der Waals surface area contributed by atoms with Crippen LogP contribution < -0.4 is 10.2 Å². The molecule has 24 heavy (non-hydrogen) atoms. The lowest BCUT2D eigenvalue weighted by atomic mass is 9.53. The van der Waals surface area contributed by atoms with E-state index in [4.69, 9.17) is 4.74 Å². The van der Waals surface area contributed by atoms with Crippen LogP contribution in [0, 0.1) is 5.92 Å². The van der Waals surface area contributed by atoms with Crippen LogP contribution in [0.5, 0.6) is 5.75 Å². The molecule has 130 valence electrons. The van der Waals surface area contributed by atoms with Crippen LogP contribution in [-0.4, -0.2) is 44.0 Å². The van der Waals surface area contributed by atoms with E-state index in [9.17, 15) is 5.11 Å². The summed E-state index contributed by atoms with van der Waals surface area (Å²) in [5.74, 6) is 1.24. The van der Waals surface area contributed by atoms with Gasteiger partial charge in [0.1, 0.15) is 5.75 Å². The SMILES string of the molecule is Oc1cc2c(cc1N1CCOCC1)C[C@H]1NCC[C@@]23CCCC[C@@H]13. The number of benzene rings is 1. The first-order valence-electron chi connectivity index (χ1n) is 9.70. The highest BCUT2D eigenvalue weighted by molar-refractivity contribution is 5.63. The molecule has 2 bridgehead atoms. The van der Waals surface area contributed by atoms with Crippen LogP contribution in [0.1, 0.15) is 43.2 Å². The molecule has 2 heterocycles. The molecule has 1 aromatic carbocycles. The molecule has 2 saturated heterocycles. The van der Waals surface area contributed by atoms with Gasteiger partial charge in [-0.25, -0.2) is 0 Å². The minimum atomic E-state index is 0.322. The number of hydrogen-bond acceptors (Lipinski definition) is 4. The Balaban J connectivity index is 1.59. The highest BCUT2D eigenvalue weighted by Gasteiger charge is 2.51. The Hall–Kier alpha value is -1.26. The Morgan fingerprint density at radius 1 is 1.17 bits per heavy atom. The topological polar surface area (TPSA) is 44.7 Å². The molecule has 3 fully saturated rings. The molecule has 5 rings (SSSR count). The van der Waals surface area contributed by atoms with Crippen molar-refractivity contribution in [2.24, 2.45) is 5.92 Å². The van der Waals surface area contributed by atoms with Gasteiger partial charge in [0.05, 0.1) is 18.9 Å². The number of morpholine rings is 1. The molecular formula is C20H28N2O2. The smallest absolute Gasteiger partial charge is 0.139 e. The van der Waals surface area contributed by atoms with Gasteiger partial charge in [0.15, 0.2) is 0 Å². The van der Waals surface area contributed by atoms with Crippen molar-refractivity contribution < 1.29 is 9.84 Å². The average molecular weight is 328 g/mol. The van der Waals surface area contributed by atoms with Crippen molar-refractivity contribution in [2.75, 3.05) is 37.7 Å². The molecule has 0 spiro atoms. The van der Waals surface area contributed by atoms with Gasteiger partial charge in [-0.05, 0) is 61.4 Å². The summed E-state index contributed by atoms with van der Waals surface area (Å²) >= 11 is 0. The van der Waals surface area contributed by atoms with E-state index < -0.39 is 0 Å². The van der Waals surface area contributed by atoms with Crippen LogP contribution in [0.25, 0.3) is 0 Å². The monoisotopic (exact) mass is 328 g/mol. The van der Waals surface area contributed by atoms with Gasteiger partial charge in [-0.2, -0.15) is 0 Å².